The van der Waals surface area contributed by atoms with Crippen LogP contribution in [-0.2, 0) is 0 Å². The van der Waals surface area contributed by atoms with Crippen LogP contribution < -0.4 is 20.5 Å². The summed E-state index contributed by atoms with van der Waals surface area (Å²) in [5, 5.41) is 12.9. The highest BCUT2D eigenvalue weighted by Gasteiger charge is 2.37. The van der Waals surface area contributed by atoms with Crippen molar-refractivity contribution in [2.45, 2.75) is 38.8 Å². The molecule has 0 bridgehead atoms. The van der Waals surface area contributed by atoms with Gasteiger partial charge < -0.3 is 25.6 Å². The number of amides is 1. The van der Waals surface area contributed by atoms with Gasteiger partial charge in [-0.15, -0.1) is 0 Å². The summed E-state index contributed by atoms with van der Waals surface area (Å²) in [4.78, 5) is 12.5. The van der Waals surface area contributed by atoms with Crippen LogP contribution in [0.1, 0.15) is 38.1 Å². The Bertz CT molecular complexity index is 533. The average Bonchev–Trinajstić information content (AvgIpc) is 2.37. The molecule has 1 rings (SSSR count). The molecule has 0 aliphatic carbocycles. The summed E-state index contributed by atoms with van der Waals surface area (Å²) in [7, 11) is 2.96. The van der Waals surface area contributed by atoms with Gasteiger partial charge in [-0.05, 0) is 33.8 Å². The van der Waals surface area contributed by atoms with Crippen LogP contribution in [0, 0.1) is 0 Å². The van der Waals surface area contributed by atoms with Crippen molar-refractivity contribution in [3.8, 4) is 11.5 Å². The Morgan fingerprint density at radius 2 is 1.76 bits per heavy atom. The van der Waals surface area contributed by atoms with Crippen LogP contribution in [0.3, 0.4) is 0 Å². The highest BCUT2D eigenvalue weighted by molar-refractivity contribution is 6.01. The Hall–Kier alpha value is -1.95. The first-order valence-corrected chi connectivity index (χ1v) is 6.60. The number of aliphatic hydroxyl groups is 1. The SMILES string of the molecule is COc1cc(OC)c(N)c(C(=O)NC(C)(C)C(C)(C)O)c1. The topological polar surface area (TPSA) is 93.8 Å². The Balaban J connectivity index is 3.19. The molecular weight excluding hydrogens is 272 g/mol. The molecule has 21 heavy (non-hydrogen) atoms. The van der Waals surface area contributed by atoms with Crippen LogP contribution in [0.4, 0.5) is 5.69 Å². The molecule has 4 N–H and O–H groups in total. The van der Waals surface area contributed by atoms with E-state index in [1.165, 1.54) is 20.3 Å². The molecule has 0 aromatic heterocycles. The van der Waals surface area contributed by atoms with Gasteiger partial charge in [-0.3, -0.25) is 4.79 Å². The van der Waals surface area contributed by atoms with E-state index in [9.17, 15) is 9.90 Å². The maximum atomic E-state index is 12.5. The van der Waals surface area contributed by atoms with Gasteiger partial charge in [-0.2, -0.15) is 0 Å². The van der Waals surface area contributed by atoms with Crippen LogP contribution in [0.2, 0.25) is 0 Å². The van der Waals surface area contributed by atoms with E-state index in [0.29, 0.717) is 11.5 Å². The van der Waals surface area contributed by atoms with Crippen LogP contribution in [0.15, 0.2) is 12.1 Å². The van der Waals surface area contributed by atoms with Crippen LogP contribution >= 0.6 is 0 Å². The van der Waals surface area contributed by atoms with Crippen LogP contribution in [-0.4, -0.2) is 36.4 Å². The van der Waals surface area contributed by atoms with Crippen molar-refractivity contribution in [2.75, 3.05) is 20.0 Å². The molecule has 0 aliphatic heterocycles. The second-order valence-electron chi connectivity index (χ2n) is 5.93. The molecule has 0 spiro atoms. The van der Waals surface area contributed by atoms with E-state index >= 15 is 0 Å². The van der Waals surface area contributed by atoms with Crippen molar-refractivity contribution in [2.24, 2.45) is 0 Å². The minimum absolute atomic E-state index is 0.224. The normalized spacial score (nSPS) is 12.0. The Kier molecular flexibility index (Phi) is 4.73. The molecule has 0 atom stereocenters. The molecule has 0 radical (unpaired) electrons. The first-order chi connectivity index (χ1) is 9.53. The van der Waals surface area contributed by atoms with E-state index in [1.54, 1.807) is 33.8 Å². The van der Waals surface area contributed by atoms with Gasteiger partial charge in [0.15, 0.2) is 0 Å². The van der Waals surface area contributed by atoms with Crippen molar-refractivity contribution in [3.63, 3.8) is 0 Å². The number of hydrogen-bond acceptors (Lipinski definition) is 5. The molecule has 6 heteroatoms. The number of nitrogens with one attached hydrogen (secondary N) is 1. The molecule has 0 heterocycles. The van der Waals surface area contributed by atoms with Gasteiger partial charge in [0.05, 0.1) is 36.6 Å². The van der Waals surface area contributed by atoms with Gasteiger partial charge in [-0.1, -0.05) is 0 Å². The lowest BCUT2D eigenvalue weighted by molar-refractivity contribution is -0.00291. The summed E-state index contributed by atoms with van der Waals surface area (Å²) < 4.78 is 10.3. The number of rotatable bonds is 5. The molecule has 1 amide bonds. The fraction of sp³-hybridized carbons (Fsp3) is 0.533. The number of carbonyl (C=O) groups is 1. The van der Waals surface area contributed by atoms with Crippen molar-refractivity contribution >= 4 is 11.6 Å². The van der Waals surface area contributed by atoms with Crippen molar-refractivity contribution in [1.29, 1.82) is 0 Å². The highest BCUT2D eigenvalue weighted by atomic mass is 16.5. The number of hydrogen-bond donors (Lipinski definition) is 3. The molecule has 0 aliphatic rings. The van der Waals surface area contributed by atoms with Gasteiger partial charge >= 0.3 is 0 Å². The molecule has 0 saturated heterocycles. The standard InChI is InChI=1S/C15H24N2O4/c1-14(2,15(3,4)19)17-13(18)10-7-9(20-5)8-11(21-6)12(10)16/h7-8,19H,16H2,1-6H3,(H,17,18). The minimum Gasteiger partial charge on any atom is -0.497 e. The number of methoxy groups -OCH3 is 2. The third-order valence-corrected chi connectivity index (χ3v) is 3.77. The Morgan fingerprint density at radius 3 is 2.19 bits per heavy atom. The molecular formula is C15H24N2O4. The molecule has 0 saturated carbocycles. The van der Waals surface area contributed by atoms with Gasteiger partial charge in [-0.25, -0.2) is 0 Å². The lowest BCUT2D eigenvalue weighted by Crippen LogP contribution is -2.57. The summed E-state index contributed by atoms with van der Waals surface area (Å²) in [5.41, 5.74) is 4.47. The smallest absolute Gasteiger partial charge is 0.254 e. The number of nitrogen functional groups attached to an aromatic ring is 1. The lowest BCUT2D eigenvalue weighted by Gasteiger charge is -2.38. The minimum atomic E-state index is -1.10. The molecule has 1 aromatic rings. The van der Waals surface area contributed by atoms with E-state index < -0.39 is 17.0 Å². The second-order valence-corrected chi connectivity index (χ2v) is 5.93. The van der Waals surface area contributed by atoms with E-state index in [-0.39, 0.29) is 11.3 Å². The monoisotopic (exact) mass is 296 g/mol. The predicted molar refractivity (Wildman–Crippen MR) is 81.8 cm³/mol. The van der Waals surface area contributed by atoms with E-state index in [1.807, 2.05) is 0 Å². The second kappa shape index (κ2) is 5.81. The average molecular weight is 296 g/mol. The van der Waals surface area contributed by atoms with Crippen molar-refractivity contribution < 1.29 is 19.4 Å². The third kappa shape index (κ3) is 3.58. The Labute approximate surface area is 125 Å². The zero-order chi connectivity index (χ0) is 16.4. The van der Waals surface area contributed by atoms with Crippen molar-refractivity contribution in [3.05, 3.63) is 17.7 Å². The number of carbonyl (C=O) groups excluding carboxylic acids is 1. The van der Waals surface area contributed by atoms with E-state index in [2.05, 4.69) is 5.32 Å². The Morgan fingerprint density at radius 1 is 1.19 bits per heavy atom. The first kappa shape index (κ1) is 17.1. The maximum Gasteiger partial charge on any atom is 0.254 e. The van der Waals surface area contributed by atoms with Gasteiger partial charge in [0.25, 0.3) is 5.91 Å². The molecule has 118 valence electrons. The fourth-order valence-corrected chi connectivity index (χ4v) is 1.58. The summed E-state index contributed by atoms with van der Waals surface area (Å²) in [6.45, 7) is 6.72. The maximum absolute atomic E-state index is 12.5. The first-order valence-electron chi connectivity index (χ1n) is 6.60. The molecule has 6 nitrogen and oxygen atoms in total. The summed E-state index contributed by atoms with van der Waals surface area (Å²) in [6, 6.07) is 3.14. The van der Waals surface area contributed by atoms with E-state index in [4.69, 9.17) is 15.2 Å². The summed E-state index contributed by atoms with van der Waals surface area (Å²) >= 11 is 0. The van der Waals surface area contributed by atoms with Crippen LogP contribution in [0.25, 0.3) is 0 Å². The fourth-order valence-electron chi connectivity index (χ4n) is 1.58. The number of ether oxygens (including phenoxy) is 2. The number of nitrogens with two attached hydrogens (primary N) is 1. The van der Waals surface area contributed by atoms with E-state index in [0.717, 1.165) is 0 Å². The lowest BCUT2D eigenvalue weighted by atomic mass is 9.85. The summed E-state index contributed by atoms with van der Waals surface area (Å²) in [6.07, 6.45) is 0. The zero-order valence-electron chi connectivity index (χ0n) is 13.4. The largest absolute Gasteiger partial charge is 0.497 e. The third-order valence-electron chi connectivity index (χ3n) is 3.77. The summed E-state index contributed by atoms with van der Waals surface area (Å²) in [5.74, 6) is 0.421. The van der Waals surface area contributed by atoms with Crippen LogP contribution in [0.5, 0.6) is 11.5 Å². The van der Waals surface area contributed by atoms with Gasteiger partial charge in [0.2, 0.25) is 0 Å². The molecule has 0 fully saturated rings. The van der Waals surface area contributed by atoms with Gasteiger partial charge in [0, 0.05) is 6.07 Å². The number of anilines is 1. The number of benzene rings is 1. The zero-order valence-corrected chi connectivity index (χ0v) is 13.4. The molecule has 0 unspecified atom stereocenters. The molecule has 1 aromatic carbocycles. The van der Waals surface area contributed by atoms with Crippen molar-refractivity contribution in [1.82, 2.24) is 5.32 Å². The predicted octanol–water partition coefficient (Wildman–Crippen LogP) is 1.57. The highest BCUT2D eigenvalue weighted by Crippen LogP contribution is 2.31. The quantitative estimate of drug-likeness (QED) is 0.717. The van der Waals surface area contributed by atoms with Gasteiger partial charge in [0.1, 0.15) is 11.5 Å².